The van der Waals surface area contributed by atoms with Gasteiger partial charge in [0.1, 0.15) is 5.75 Å². The summed E-state index contributed by atoms with van der Waals surface area (Å²) in [4.78, 5) is 34.6. The summed E-state index contributed by atoms with van der Waals surface area (Å²) in [5.74, 6) is 0.167. The highest BCUT2D eigenvalue weighted by Crippen LogP contribution is 2.17. The molecule has 2 aromatic rings. The normalized spacial score (nSPS) is 11.5. The molecule has 0 unspecified atom stereocenters. The zero-order valence-electron chi connectivity index (χ0n) is 13.8. The molecule has 1 N–H and O–H groups in total. The zero-order valence-corrected chi connectivity index (χ0v) is 13.8. The molecule has 0 bridgehead atoms. The standard InChI is InChI=1S/C19H19NO4/c1-12(21)15-6-10-18(11-7-15)24-13(2)19(23)16-4-8-17(9-5-16)20-14(3)22/h4-11,13H,1-3H3,(H,20,22)/t13-/m0/s1. The van der Waals surface area contributed by atoms with Crippen molar-refractivity contribution in [3.05, 3.63) is 59.7 Å². The van der Waals surface area contributed by atoms with E-state index in [9.17, 15) is 14.4 Å². The lowest BCUT2D eigenvalue weighted by atomic mass is 10.1. The number of carbonyl (C=O) groups is 3. The smallest absolute Gasteiger partial charge is 0.221 e. The first-order valence-electron chi connectivity index (χ1n) is 7.56. The van der Waals surface area contributed by atoms with Gasteiger partial charge in [0.05, 0.1) is 0 Å². The summed E-state index contributed by atoms with van der Waals surface area (Å²) in [5.41, 5.74) is 1.72. The minimum absolute atomic E-state index is 0.0232. The van der Waals surface area contributed by atoms with Crippen LogP contribution < -0.4 is 10.1 Å². The van der Waals surface area contributed by atoms with Gasteiger partial charge in [0.2, 0.25) is 11.7 Å². The van der Waals surface area contributed by atoms with E-state index >= 15 is 0 Å². The number of amides is 1. The van der Waals surface area contributed by atoms with Crippen LogP contribution in [0.5, 0.6) is 5.75 Å². The molecule has 0 aliphatic heterocycles. The molecule has 2 rings (SSSR count). The first-order valence-corrected chi connectivity index (χ1v) is 7.56. The molecule has 0 saturated heterocycles. The van der Waals surface area contributed by atoms with Gasteiger partial charge in [-0.3, -0.25) is 14.4 Å². The Balaban J connectivity index is 2.03. The third kappa shape index (κ3) is 4.52. The molecule has 0 radical (unpaired) electrons. The molecule has 5 heteroatoms. The van der Waals surface area contributed by atoms with Crippen molar-refractivity contribution in [2.24, 2.45) is 0 Å². The number of carbonyl (C=O) groups excluding carboxylic acids is 3. The summed E-state index contributed by atoms with van der Waals surface area (Å²) in [6, 6.07) is 13.3. The van der Waals surface area contributed by atoms with Gasteiger partial charge in [-0.15, -0.1) is 0 Å². The second kappa shape index (κ2) is 7.55. The lowest BCUT2D eigenvalue weighted by Crippen LogP contribution is -2.23. The van der Waals surface area contributed by atoms with E-state index in [0.717, 1.165) is 0 Å². The van der Waals surface area contributed by atoms with Crippen molar-refractivity contribution >= 4 is 23.2 Å². The number of ketones is 2. The molecule has 0 fully saturated rings. The first-order chi connectivity index (χ1) is 11.4. The van der Waals surface area contributed by atoms with E-state index in [-0.39, 0.29) is 17.5 Å². The van der Waals surface area contributed by atoms with Crippen molar-refractivity contribution in [3.8, 4) is 5.75 Å². The van der Waals surface area contributed by atoms with Crippen LogP contribution in [0.2, 0.25) is 0 Å². The van der Waals surface area contributed by atoms with E-state index in [1.165, 1.54) is 13.8 Å². The van der Waals surface area contributed by atoms with Crippen molar-refractivity contribution in [2.45, 2.75) is 26.9 Å². The van der Waals surface area contributed by atoms with Crippen LogP contribution in [0.1, 0.15) is 41.5 Å². The number of rotatable bonds is 6. The fourth-order valence-corrected chi connectivity index (χ4v) is 2.18. The molecular weight excluding hydrogens is 306 g/mol. The minimum Gasteiger partial charge on any atom is -0.483 e. The first kappa shape index (κ1) is 17.4. The molecule has 24 heavy (non-hydrogen) atoms. The molecule has 0 aliphatic rings. The van der Waals surface area contributed by atoms with Crippen molar-refractivity contribution in [2.75, 3.05) is 5.32 Å². The van der Waals surface area contributed by atoms with Crippen LogP contribution in [0.25, 0.3) is 0 Å². The lowest BCUT2D eigenvalue weighted by molar-refractivity contribution is -0.114. The van der Waals surface area contributed by atoms with Gasteiger partial charge in [0.15, 0.2) is 11.9 Å². The van der Waals surface area contributed by atoms with Gasteiger partial charge in [-0.05, 0) is 62.4 Å². The second-order valence-electron chi connectivity index (χ2n) is 5.46. The second-order valence-corrected chi connectivity index (χ2v) is 5.46. The van der Waals surface area contributed by atoms with Crippen LogP contribution in [0, 0.1) is 0 Å². The summed E-state index contributed by atoms with van der Waals surface area (Å²) in [5, 5.41) is 2.65. The van der Waals surface area contributed by atoms with Crippen molar-refractivity contribution in [1.82, 2.24) is 0 Å². The molecule has 1 atom stereocenters. The fraction of sp³-hybridized carbons (Fsp3) is 0.211. The number of Topliss-reactive ketones (excluding diaryl/α,β-unsaturated/α-hetero) is 2. The molecule has 1 amide bonds. The number of hydrogen-bond acceptors (Lipinski definition) is 4. The highest BCUT2D eigenvalue weighted by molar-refractivity contribution is 6.00. The van der Waals surface area contributed by atoms with Gasteiger partial charge in [-0.25, -0.2) is 0 Å². The van der Waals surface area contributed by atoms with E-state index in [2.05, 4.69) is 5.32 Å². The van der Waals surface area contributed by atoms with Gasteiger partial charge in [-0.1, -0.05) is 0 Å². The average molecular weight is 325 g/mol. The van der Waals surface area contributed by atoms with E-state index in [1.54, 1.807) is 55.5 Å². The predicted molar refractivity (Wildman–Crippen MR) is 91.6 cm³/mol. The summed E-state index contributed by atoms with van der Waals surface area (Å²) in [7, 11) is 0. The molecule has 0 heterocycles. The van der Waals surface area contributed by atoms with Gasteiger partial charge in [0.25, 0.3) is 0 Å². The number of benzene rings is 2. The van der Waals surface area contributed by atoms with Crippen LogP contribution in [-0.2, 0) is 4.79 Å². The Hall–Kier alpha value is -2.95. The van der Waals surface area contributed by atoms with Crippen LogP contribution in [0.4, 0.5) is 5.69 Å². The Labute approximate surface area is 140 Å². The van der Waals surface area contributed by atoms with E-state index in [1.807, 2.05) is 0 Å². The Bertz CT molecular complexity index is 748. The van der Waals surface area contributed by atoms with Crippen molar-refractivity contribution < 1.29 is 19.1 Å². The molecule has 5 nitrogen and oxygen atoms in total. The molecule has 0 saturated carbocycles. The van der Waals surface area contributed by atoms with Gasteiger partial charge < -0.3 is 10.1 Å². The molecule has 2 aromatic carbocycles. The number of anilines is 1. The Morgan fingerprint density at radius 1 is 0.875 bits per heavy atom. The number of ether oxygens (including phenoxy) is 1. The number of nitrogens with one attached hydrogen (secondary N) is 1. The van der Waals surface area contributed by atoms with Gasteiger partial charge >= 0.3 is 0 Å². The van der Waals surface area contributed by atoms with Gasteiger partial charge in [0, 0.05) is 23.7 Å². The zero-order chi connectivity index (χ0) is 17.7. The maximum absolute atomic E-state index is 12.4. The number of hydrogen-bond donors (Lipinski definition) is 1. The third-order valence-corrected chi connectivity index (χ3v) is 3.43. The van der Waals surface area contributed by atoms with E-state index in [4.69, 9.17) is 4.74 Å². The Kier molecular flexibility index (Phi) is 5.47. The highest BCUT2D eigenvalue weighted by Gasteiger charge is 2.17. The largest absolute Gasteiger partial charge is 0.483 e. The quantitative estimate of drug-likeness (QED) is 0.825. The molecular formula is C19H19NO4. The molecule has 0 aliphatic carbocycles. The van der Waals surface area contributed by atoms with Crippen LogP contribution in [0.15, 0.2) is 48.5 Å². The van der Waals surface area contributed by atoms with E-state index in [0.29, 0.717) is 22.6 Å². The molecule has 0 aromatic heterocycles. The van der Waals surface area contributed by atoms with Crippen molar-refractivity contribution in [3.63, 3.8) is 0 Å². The summed E-state index contributed by atoms with van der Waals surface area (Å²) < 4.78 is 5.63. The average Bonchev–Trinajstić information content (AvgIpc) is 2.54. The minimum atomic E-state index is -0.667. The summed E-state index contributed by atoms with van der Waals surface area (Å²) in [6.07, 6.45) is -0.667. The fourth-order valence-electron chi connectivity index (χ4n) is 2.18. The van der Waals surface area contributed by atoms with E-state index < -0.39 is 6.10 Å². The Morgan fingerprint density at radius 3 is 1.92 bits per heavy atom. The maximum atomic E-state index is 12.4. The molecule has 124 valence electrons. The van der Waals surface area contributed by atoms with Crippen LogP contribution in [-0.4, -0.2) is 23.6 Å². The monoisotopic (exact) mass is 325 g/mol. The maximum Gasteiger partial charge on any atom is 0.221 e. The Morgan fingerprint density at radius 2 is 1.42 bits per heavy atom. The predicted octanol–water partition coefficient (Wildman–Crippen LogP) is 3.50. The third-order valence-electron chi connectivity index (χ3n) is 3.43. The SMILES string of the molecule is CC(=O)Nc1ccc(C(=O)[C@H](C)Oc2ccc(C(C)=O)cc2)cc1. The summed E-state index contributed by atoms with van der Waals surface area (Å²) in [6.45, 7) is 4.59. The molecule has 0 spiro atoms. The highest BCUT2D eigenvalue weighted by atomic mass is 16.5. The topological polar surface area (TPSA) is 72.5 Å². The lowest BCUT2D eigenvalue weighted by Gasteiger charge is -2.14. The van der Waals surface area contributed by atoms with Crippen molar-refractivity contribution in [1.29, 1.82) is 0 Å². The van der Waals surface area contributed by atoms with Gasteiger partial charge in [-0.2, -0.15) is 0 Å². The summed E-state index contributed by atoms with van der Waals surface area (Å²) >= 11 is 0. The van der Waals surface area contributed by atoms with Crippen LogP contribution in [0.3, 0.4) is 0 Å². The van der Waals surface area contributed by atoms with Crippen LogP contribution >= 0.6 is 0 Å².